The molecule has 1 fully saturated rings. The predicted octanol–water partition coefficient (Wildman–Crippen LogP) is 2.18. The molecule has 1 N–H and O–H groups in total. The van der Waals surface area contributed by atoms with E-state index in [4.69, 9.17) is 4.74 Å². The number of ether oxygens (including phenoxy) is 1. The molecule has 0 radical (unpaired) electrons. The zero-order valence-corrected chi connectivity index (χ0v) is 11.8. The van der Waals surface area contributed by atoms with E-state index in [9.17, 15) is 0 Å². The van der Waals surface area contributed by atoms with Crippen LogP contribution in [0.15, 0.2) is 6.07 Å². The molecular formula is C14H23N3O. The molecule has 1 saturated heterocycles. The molecule has 0 amide bonds. The molecule has 0 spiro atoms. The van der Waals surface area contributed by atoms with Crippen LogP contribution in [0.25, 0.3) is 0 Å². The van der Waals surface area contributed by atoms with Gasteiger partial charge < -0.3 is 10.1 Å². The maximum absolute atomic E-state index is 5.41. The largest absolute Gasteiger partial charge is 0.381 e. The third-order valence-corrected chi connectivity index (χ3v) is 3.02. The van der Waals surface area contributed by atoms with Crippen LogP contribution in [0.4, 0.5) is 0 Å². The SMILES string of the molecule is Cc1cc(CNC(C)(C)C)nc(C2CCOC2)n1. The van der Waals surface area contributed by atoms with Gasteiger partial charge in [0.15, 0.2) is 0 Å². The maximum atomic E-state index is 5.41. The van der Waals surface area contributed by atoms with E-state index in [1.54, 1.807) is 0 Å². The number of nitrogens with one attached hydrogen (secondary N) is 1. The first-order chi connectivity index (χ1) is 8.44. The Morgan fingerprint density at radius 2 is 2.17 bits per heavy atom. The molecule has 100 valence electrons. The van der Waals surface area contributed by atoms with Crippen molar-refractivity contribution in [3.63, 3.8) is 0 Å². The Labute approximate surface area is 109 Å². The first-order valence-electron chi connectivity index (χ1n) is 6.61. The molecule has 1 unspecified atom stereocenters. The topological polar surface area (TPSA) is 47.0 Å². The van der Waals surface area contributed by atoms with Gasteiger partial charge in [0.05, 0.1) is 12.3 Å². The Bertz CT molecular complexity index is 406. The van der Waals surface area contributed by atoms with Crippen molar-refractivity contribution in [2.24, 2.45) is 0 Å². The standard InChI is InChI=1S/C14H23N3O/c1-10-7-12(8-15-14(2,3)4)17-13(16-10)11-5-6-18-9-11/h7,11,15H,5-6,8-9H2,1-4H3. The normalized spacial score (nSPS) is 20.3. The van der Waals surface area contributed by atoms with Gasteiger partial charge in [0.25, 0.3) is 0 Å². The molecule has 1 aliphatic heterocycles. The Morgan fingerprint density at radius 1 is 1.39 bits per heavy atom. The van der Waals surface area contributed by atoms with E-state index in [2.05, 4.69) is 42.1 Å². The van der Waals surface area contributed by atoms with Crippen LogP contribution in [0.1, 0.15) is 50.3 Å². The highest BCUT2D eigenvalue weighted by atomic mass is 16.5. The van der Waals surface area contributed by atoms with Crippen molar-refractivity contribution in [3.05, 3.63) is 23.3 Å². The van der Waals surface area contributed by atoms with Gasteiger partial charge in [0, 0.05) is 30.3 Å². The molecule has 1 aliphatic rings. The molecule has 2 heterocycles. The van der Waals surface area contributed by atoms with Crippen LogP contribution in [-0.4, -0.2) is 28.7 Å². The van der Waals surface area contributed by atoms with Gasteiger partial charge in [0.2, 0.25) is 0 Å². The highest BCUT2D eigenvalue weighted by Gasteiger charge is 2.21. The average molecular weight is 249 g/mol. The zero-order valence-electron chi connectivity index (χ0n) is 11.8. The summed E-state index contributed by atoms with van der Waals surface area (Å²) in [6.07, 6.45) is 1.04. The molecular weight excluding hydrogens is 226 g/mol. The Hall–Kier alpha value is -1.00. The second-order valence-corrected chi connectivity index (χ2v) is 6.02. The van der Waals surface area contributed by atoms with Crippen molar-refractivity contribution in [2.75, 3.05) is 13.2 Å². The molecule has 1 aromatic heterocycles. The first kappa shape index (κ1) is 13.4. The number of rotatable bonds is 3. The van der Waals surface area contributed by atoms with Gasteiger partial charge in [0.1, 0.15) is 5.82 Å². The number of nitrogens with zero attached hydrogens (tertiary/aromatic N) is 2. The first-order valence-corrected chi connectivity index (χ1v) is 6.61. The van der Waals surface area contributed by atoms with Crippen molar-refractivity contribution in [3.8, 4) is 0 Å². The van der Waals surface area contributed by atoms with E-state index in [1.165, 1.54) is 0 Å². The summed E-state index contributed by atoms with van der Waals surface area (Å²) >= 11 is 0. The van der Waals surface area contributed by atoms with Gasteiger partial charge in [-0.05, 0) is 40.2 Å². The van der Waals surface area contributed by atoms with Gasteiger partial charge in [-0.2, -0.15) is 0 Å². The quantitative estimate of drug-likeness (QED) is 0.892. The summed E-state index contributed by atoms with van der Waals surface area (Å²) < 4.78 is 5.41. The predicted molar refractivity (Wildman–Crippen MR) is 71.5 cm³/mol. The minimum atomic E-state index is 0.107. The van der Waals surface area contributed by atoms with Gasteiger partial charge in [-0.25, -0.2) is 9.97 Å². The van der Waals surface area contributed by atoms with E-state index < -0.39 is 0 Å². The zero-order chi connectivity index (χ0) is 13.2. The van der Waals surface area contributed by atoms with Gasteiger partial charge in [-0.3, -0.25) is 0 Å². The molecule has 0 aromatic carbocycles. The smallest absolute Gasteiger partial charge is 0.134 e. The Morgan fingerprint density at radius 3 is 2.78 bits per heavy atom. The van der Waals surface area contributed by atoms with E-state index >= 15 is 0 Å². The van der Waals surface area contributed by atoms with Gasteiger partial charge in [-0.15, -0.1) is 0 Å². The summed E-state index contributed by atoms with van der Waals surface area (Å²) in [6.45, 7) is 10.9. The van der Waals surface area contributed by atoms with Crippen molar-refractivity contribution in [1.82, 2.24) is 15.3 Å². The summed E-state index contributed by atoms with van der Waals surface area (Å²) in [7, 11) is 0. The summed E-state index contributed by atoms with van der Waals surface area (Å²) in [5.41, 5.74) is 2.21. The van der Waals surface area contributed by atoms with E-state index in [0.717, 1.165) is 43.4 Å². The maximum Gasteiger partial charge on any atom is 0.134 e. The average Bonchev–Trinajstić information content (AvgIpc) is 2.78. The molecule has 18 heavy (non-hydrogen) atoms. The van der Waals surface area contributed by atoms with Crippen LogP contribution >= 0.6 is 0 Å². The summed E-state index contributed by atoms with van der Waals surface area (Å²) in [4.78, 5) is 9.21. The fraction of sp³-hybridized carbons (Fsp3) is 0.714. The summed E-state index contributed by atoms with van der Waals surface area (Å²) in [5, 5.41) is 3.46. The van der Waals surface area contributed by atoms with Crippen molar-refractivity contribution in [2.45, 2.75) is 52.1 Å². The fourth-order valence-electron chi connectivity index (χ4n) is 2.03. The number of aromatic nitrogens is 2. The molecule has 0 bridgehead atoms. The lowest BCUT2D eigenvalue weighted by Crippen LogP contribution is -2.35. The molecule has 4 heteroatoms. The lowest BCUT2D eigenvalue weighted by Gasteiger charge is -2.20. The van der Waals surface area contributed by atoms with Crippen LogP contribution in [0.3, 0.4) is 0 Å². The van der Waals surface area contributed by atoms with Gasteiger partial charge >= 0.3 is 0 Å². The van der Waals surface area contributed by atoms with Crippen molar-refractivity contribution >= 4 is 0 Å². The van der Waals surface area contributed by atoms with Crippen LogP contribution < -0.4 is 5.32 Å². The third-order valence-electron chi connectivity index (χ3n) is 3.02. The minimum absolute atomic E-state index is 0.107. The van der Waals surface area contributed by atoms with Crippen LogP contribution in [-0.2, 0) is 11.3 Å². The fourth-order valence-corrected chi connectivity index (χ4v) is 2.03. The molecule has 2 rings (SSSR count). The minimum Gasteiger partial charge on any atom is -0.381 e. The van der Waals surface area contributed by atoms with Crippen LogP contribution in [0.2, 0.25) is 0 Å². The highest BCUT2D eigenvalue weighted by molar-refractivity contribution is 5.13. The van der Waals surface area contributed by atoms with E-state index in [-0.39, 0.29) is 5.54 Å². The van der Waals surface area contributed by atoms with Crippen molar-refractivity contribution in [1.29, 1.82) is 0 Å². The van der Waals surface area contributed by atoms with Gasteiger partial charge in [-0.1, -0.05) is 0 Å². The van der Waals surface area contributed by atoms with E-state index in [0.29, 0.717) is 5.92 Å². The lowest BCUT2D eigenvalue weighted by molar-refractivity contribution is 0.193. The Kier molecular flexibility index (Phi) is 3.97. The van der Waals surface area contributed by atoms with Crippen LogP contribution in [0, 0.1) is 6.92 Å². The van der Waals surface area contributed by atoms with Crippen molar-refractivity contribution < 1.29 is 4.74 Å². The third kappa shape index (κ3) is 3.75. The summed E-state index contributed by atoms with van der Waals surface area (Å²) in [6, 6.07) is 2.05. The Balaban J connectivity index is 2.10. The lowest BCUT2D eigenvalue weighted by atomic mass is 10.1. The second-order valence-electron chi connectivity index (χ2n) is 6.02. The molecule has 1 atom stereocenters. The molecule has 0 saturated carbocycles. The number of aryl methyl sites for hydroxylation is 1. The molecule has 1 aromatic rings. The summed E-state index contributed by atoms with van der Waals surface area (Å²) in [5.74, 6) is 1.32. The second kappa shape index (κ2) is 5.33. The number of hydrogen-bond acceptors (Lipinski definition) is 4. The number of hydrogen-bond donors (Lipinski definition) is 1. The molecule has 0 aliphatic carbocycles. The van der Waals surface area contributed by atoms with E-state index in [1.807, 2.05) is 6.92 Å². The van der Waals surface area contributed by atoms with Crippen LogP contribution in [0.5, 0.6) is 0 Å². The monoisotopic (exact) mass is 249 g/mol. The molecule has 4 nitrogen and oxygen atoms in total. The highest BCUT2D eigenvalue weighted by Crippen LogP contribution is 2.22.